The number of hydrogen-bond acceptors (Lipinski definition) is 6. The van der Waals surface area contributed by atoms with Crippen molar-refractivity contribution in [2.75, 3.05) is 14.2 Å². The Balaban J connectivity index is 2.67. The van der Waals surface area contributed by atoms with Crippen LogP contribution < -0.4 is 4.74 Å². The Labute approximate surface area is 146 Å². The van der Waals surface area contributed by atoms with Crippen molar-refractivity contribution in [2.45, 2.75) is 6.42 Å². The highest BCUT2D eigenvalue weighted by molar-refractivity contribution is 6.31. The molecule has 0 saturated heterocycles. The number of carbonyl (C=O) groups excluding carboxylic acids is 1. The fourth-order valence-electron chi connectivity index (χ4n) is 2.37. The van der Waals surface area contributed by atoms with Crippen LogP contribution in [0.5, 0.6) is 5.88 Å². The monoisotopic (exact) mass is 367 g/mol. The predicted octanol–water partition coefficient (Wildman–Crippen LogP) is 2.01. The van der Waals surface area contributed by atoms with Gasteiger partial charge >= 0.3 is 17.9 Å². The lowest BCUT2D eigenvalue weighted by Crippen LogP contribution is -2.25. The number of aromatic nitrogens is 1. The number of hydrogen-bond donors (Lipinski definition) is 2. The van der Waals surface area contributed by atoms with E-state index in [0.717, 1.165) is 0 Å². The first kappa shape index (κ1) is 18.5. The minimum Gasteiger partial charge on any atom is -0.481 e. The molecule has 2 aromatic rings. The lowest BCUT2D eigenvalue weighted by atomic mass is 9.97. The summed E-state index contributed by atoms with van der Waals surface area (Å²) >= 11 is 6.04. The molecule has 0 spiro atoms. The van der Waals surface area contributed by atoms with E-state index in [1.165, 1.54) is 32.4 Å². The zero-order valence-electron chi connectivity index (χ0n) is 13.3. The van der Waals surface area contributed by atoms with Gasteiger partial charge in [-0.05, 0) is 30.2 Å². The topological polar surface area (TPSA) is 123 Å². The van der Waals surface area contributed by atoms with E-state index >= 15 is 0 Å². The van der Waals surface area contributed by atoms with Gasteiger partial charge in [0, 0.05) is 10.4 Å². The molecule has 0 amide bonds. The number of benzene rings is 1. The van der Waals surface area contributed by atoms with Crippen molar-refractivity contribution in [2.24, 2.45) is 5.92 Å². The average Bonchev–Trinajstić information content (AvgIpc) is 2.56. The van der Waals surface area contributed by atoms with Gasteiger partial charge in [0.1, 0.15) is 5.56 Å². The summed E-state index contributed by atoms with van der Waals surface area (Å²) < 4.78 is 9.75. The number of aliphatic carboxylic acids is 2. The molecule has 0 aliphatic rings. The van der Waals surface area contributed by atoms with Gasteiger partial charge < -0.3 is 19.7 Å². The third kappa shape index (κ3) is 3.80. The van der Waals surface area contributed by atoms with E-state index in [-0.39, 0.29) is 22.9 Å². The van der Waals surface area contributed by atoms with Gasteiger partial charge in [0.2, 0.25) is 5.88 Å². The average molecular weight is 368 g/mol. The Bertz CT molecular complexity index is 851. The van der Waals surface area contributed by atoms with Crippen molar-refractivity contribution in [3.63, 3.8) is 0 Å². The lowest BCUT2D eigenvalue weighted by Gasteiger charge is -2.13. The number of carbonyl (C=O) groups is 3. The van der Waals surface area contributed by atoms with Crippen molar-refractivity contribution < 1.29 is 34.1 Å². The molecule has 132 valence electrons. The van der Waals surface area contributed by atoms with Crippen molar-refractivity contribution >= 4 is 40.4 Å². The molecule has 0 unspecified atom stereocenters. The van der Waals surface area contributed by atoms with Crippen LogP contribution in [-0.4, -0.2) is 47.3 Å². The fraction of sp³-hybridized carbons (Fsp3) is 0.250. The summed E-state index contributed by atoms with van der Waals surface area (Å²) in [6, 6.07) is 4.40. The highest BCUT2D eigenvalue weighted by atomic mass is 35.5. The van der Waals surface area contributed by atoms with Crippen LogP contribution in [0.2, 0.25) is 5.02 Å². The minimum absolute atomic E-state index is 0.0230. The van der Waals surface area contributed by atoms with Crippen LogP contribution in [0.15, 0.2) is 18.2 Å². The number of ether oxygens (including phenoxy) is 2. The van der Waals surface area contributed by atoms with Gasteiger partial charge in [-0.3, -0.25) is 9.59 Å². The van der Waals surface area contributed by atoms with Crippen LogP contribution in [-0.2, 0) is 20.7 Å². The van der Waals surface area contributed by atoms with Crippen molar-refractivity contribution in [3.8, 4) is 5.88 Å². The third-order valence-electron chi connectivity index (χ3n) is 3.55. The van der Waals surface area contributed by atoms with E-state index in [1.807, 2.05) is 0 Å². The summed E-state index contributed by atoms with van der Waals surface area (Å²) in [5.74, 6) is -5.29. The normalized spacial score (nSPS) is 10.7. The molecule has 0 radical (unpaired) electrons. The number of fused-ring (bicyclic) bond motifs is 1. The summed E-state index contributed by atoms with van der Waals surface area (Å²) in [6.07, 6.45) is -0.324. The second-order valence-corrected chi connectivity index (χ2v) is 5.54. The smallest absolute Gasteiger partial charge is 0.343 e. The van der Waals surface area contributed by atoms with Crippen LogP contribution >= 0.6 is 11.6 Å². The molecular weight excluding hydrogens is 354 g/mol. The molecule has 2 N–H and O–H groups in total. The molecule has 0 fully saturated rings. The maximum absolute atomic E-state index is 11.8. The number of pyridine rings is 1. The summed E-state index contributed by atoms with van der Waals surface area (Å²) in [5.41, 5.74) is 0.673. The maximum Gasteiger partial charge on any atom is 0.343 e. The summed E-state index contributed by atoms with van der Waals surface area (Å²) in [4.78, 5) is 38.3. The molecule has 25 heavy (non-hydrogen) atoms. The molecule has 0 saturated carbocycles. The highest BCUT2D eigenvalue weighted by Gasteiger charge is 2.28. The molecule has 1 aromatic carbocycles. The van der Waals surface area contributed by atoms with Crippen LogP contribution in [0.1, 0.15) is 15.9 Å². The largest absolute Gasteiger partial charge is 0.481 e. The first-order valence-electron chi connectivity index (χ1n) is 6.99. The Morgan fingerprint density at radius 1 is 1.16 bits per heavy atom. The van der Waals surface area contributed by atoms with Gasteiger partial charge in [0.05, 0.1) is 19.7 Å². The van der Waals surface area contributed by atoms with Gasteiger partial charge in [-0.2, -0.15) is 0 Å². The number of esters is 1. The Morgan fingerprint density at radius 3 is 2.32 bits per heavy atom. The molecule has 2 rings (SSSR count). The third-order valence-corrected chi connectivity index (χ3v) is 3.76. The zero-order valence-corrected chi connectivity index (χ0v) is 14.0. The Hall–Kier alpha value is -2.87. The molecular formula is C16H14ClNO7. The molecule has 1 aromatic heterocycles. The minimum atomic E-state index is -1.66. The molecule has 0 aliphatic carbocycles. The second-order valence-electron chi connectivity index (χ2n) is 5.11. The van der Waals surface area contributed by atoms with E-state index in [9.17, 15) is 14.4 Å². The highest BCUT2D eigenvalue weighted by Crippen LogP contribution is 2.29. The van der Waals surface area contributed by atoms with E-state index in [4.69, 9.17) is 26.6 Å². The number of carboxylic acid groups (broad SMARTS) is 2. The Kier molecular flexibility index (Phi) is 5.43. The van der Waals surface area contributed by atoms with Gasteiger partial charge in [-0.15, -0.1) is 0 Å². The van der Waals surface area contributed by atoms with E-state index in [1.54, 1.807) is 0 Å². The molecule has 1 heterocycles. The first-order valence-corrected chi connectivity index (χ1v) is 7.37. The van der Waals surface area contributed by atoms with Crippen molar-refractivity contribution in [3.05, 3.63) is 34.3 Å². The molecule has 9 heteroatoms. The molecule has 8 nitrogen and oxygen atoms in total. The van der Waals surface area contributed by atoms with E-state index in [2.05, 4.69) is 9.72 Å². The number of halogens is 1. The number of methoxy groups -OCH3 is 2. The quantitative estimate of drug-likeness (QED) is 0.587. The predicted molar refractivity (Wildman–Crippen MR) is 87.1 cm³/mol. The lowest BCUT2D eigenvalue weighted by molar-refractivity contribution is -0.154. The van der Waals surface area contributed by atoms with Crippen molar-refractivity contribution in [1.82, 2.24) is 4.98 Å². The zero-order chi connectivity index (χ0) is 18.7. The number of rotatable bonds is 6. The van der Waals surface area contributed by atoms with Gasteiger partial charge in [-0.1, -0.05) is 11.6 Å². The van der Waals surface area contributed by atoms with Crippen LogP contribution in [0.25, 0.3) is 10.9 Å². The first-order chi connectivity index (χ1) is 11.8. The Morgan fingerprint density at radius 2 is 1.80 bits per heavy atom. The fourth-order valence-corrected chi connectivity index (χ4v) is 2.62. The SMILES string of the molecule is COC(=O)c1cc2cc(Cl)cc(CC(C(=O)O)C(=O)O)c2nc1OC. The second kappa shape index (κ2) is 7.35. The van der Waals surface area contributed by atoms with Gasteiger partial charge in [0.15, 0.2) is 5.92 Å². The number of nitrogens with zero attached hydrogens (tertiary/aromatic N) is 1. The van der Waals surface area contributed by atoms with Gasteiger partial charge in [0.25, 0.3) is 0 Å². The number of carboxylic acids is 2. The van der Waals surface area contributed by atoms with E-state index in [0.29, 0.717) is 16.5 Å². The van der Waals surface area contributed by atoms with Crippen LogP contribution in [0.4, 0.5) is 0 Å². The molecule has 0 bridgehead atoms. The molecule has 0 atom stereocenters. The van der Waals surface area contributed by atoms with E-state index < -0.39 is 23.8 Å². The summed E-state index contributed by atoms with van der Waals surface area (Å²) in [7, 11) is 2.52. The summed E-state index contributed by atoms with van der Waals surface area (Å²) in [5, 5.41) is 18.8. The molecule has 0 aliphatic heterocycles. The van der Waals surface area contributed by atoms with Crippen molar-refractivity contribution in [1.29, 1.82) is 0 Å². The summed E-state index contributed by atoms with van der Waals surface area (Å²) in [6.45, 7) is 0. The van der Waals surface area contributed by atoms with Gasteiger partial charge in [-0.25, -0.2) is 9.78 Å². The standard InChI is InChI=1S/C16H14ClNO7/c1-24-13-10(16(23)25-2)5-7-3-9(17)4-8(12(7)18-13)6-11(14(19)20)15(21)22/h3-5,11H,6H2,1-2H3,(H,19,20)(H,21,22). The van der Waals surface area contributed by atoms with Crippen LogP contribution in [0.3, 0.4) is 0 Å². The maximum atomic E-state index is 11.8. The van der Waals surface area contributed by atoms with Crippen LogP contribution in [0, 0.1) is 5.92 Å².